The highest BCUT2D eigenvalue weighted by Crippen LogP contribution is 2.09. The Morgan fingerprint density at radius 1 is 1.58 bits per heavy atom. The van der Waals surface area contributed by atoms with Gasteiger partial charge in [0.1, 0.15) is 0 Å². The fourth-order valence-electron chi connectivity index (χ4n) is 0.590. The maximum absolute atomic E-state index is 11.0. The van der Waals surface area contributed by atoms with Gasteiger partial charge in [-0.2, -0.15) is 0 Å². The van der Waals surface area contributed by atoms with Crippen molar-refractivity contribution in [2.24, 2.45) is 0 Å². The predicted molar refractivity (Wildman–Crippen MR) is 48.2 cm³/mol. The number of rotatable bonds is 5. The van der Waals surface area contributed by atoms with Gasteiger partial charge < -0.3 is 10.4 Å². The summed E-state index contributed by atoms with van der Waals surface area (Å²) in [6, 6.07) is 0. The van der Waals surface area contributed by atoms with Crippen LogP contribution in [0, 0.1) is 0 Å². The number of aliphatic carboxylic acids is 1. The minimum absolute atomic E-state index is 0.0295. The Hall–Kier alpha value is -0.710. The third-order valence-electron chi connectivity index (χ3n) is 1.18. The van der Waals surface area contributed by atoms with Gasteiger partial charge in [-0.15, -0.1) is 11.8 Å². The number of amides is 1. The van der Waals surface area contributed by atoms with Crippen molar-refractivity contribution in [2.45, 2.75) is 19.1 Å². The largest absolute Gasteiger partial charge is 0.481 e. The standard InChI is InChI=1S/C7H13NO3S/c1-3-8-7(11)5(2)12-4-6(9)10/h5H,3-4H2,1-2H3,(H,8,11)(H,9,10). The van der Waals surface area contributed by atoms with Gasteiger partial charge in [-0.3, -0.25) is 9.59 Å². The molecule has 0 bridgehead atoms. The van der Waals surface area contributed by atoms with Crippen molar-refractivity contribution < 1.29 is 14.7 Å². The Morgan fingerprint density at radius 3 is 2.58 bits per heavy atom. The lowest BCUT2D eigenvalue weighted by atomic mass is 10.4. The van der Waals surface area contributed by atoms with Gasteiger partial charge in [0.2, 0.25) is 5.91 Å². The SMILES string of the molecule is CCNC(=O)C(C)SCC(=O)O. The van der Waals surface area contributed by atoms with E-state index in [1.807, 2.05) is 6.92 Å². The summed E-state index contributed by atoms with van der Waals surface area (Å²) in [4.78, 5) is 21.2. The number of carbonyl (C=O) groups excluding carboxylic acids is 1. The summed E-state index contributed by atoms with van der Waals surface area (Å²) in [6.07, 6.45) is 0. The van der Waals surface area contributed by atoms with Crippen molar-refractivity contribution in [3.8, 4) is 0 Å². The second-order valence-electron chi connectivity index (χ2n) is 2.24. The minimum atomic E-state index is -0.892. The summed E-state index contributed by atoms with van der Waals surface area (Å²) >= 11 is 1.12. The topological polar surface area (TPSA) is 66.4 Å². The molecule has 0 heterocycles. The molecule has 0 rings (SSSR count). The molecule has 0 aromatic rings. The number of carboxylic acid groups (broad SMARTS) is 1. The fraction of sp³-hybridized carbons (Fsp3) is 0.714. The molecular weight excluding hydrogens is 178 g/mol. The highest BCUT2D eigenvalue weighted by molar-refractivity contribution is 8.01. The Morgan fingerprint density at radius 2 is 2.17 bits per heavy atom. The molecule has 0 aliphatic carbocycles. The number of carboxylic acids is 1. The van der Waals surface area contributed by atoms with Crippen LogP contribution < -0.4 is 5.32 Å². The van der Waals surface area contributed by atoms with E-state index in [0.717, 1.165) is 11.8 Å². The maximum atomic E-state index is 11.0. The van der Waals surface area contributed by atoms with Crippen LogP contribution in [0.5, 0.6) is 0 Å². The van der Waals surface area contributed by atoms with E-state index in [1.54, 1.807) is 6.92 Å². The van der Waals surface area contributed by atoms with E-state index in [9.17, 15) is 9.59 Å². The Labute approximate surface area is 75.7 Å². The molecular formula is C7H13NO3S. The molecule has 0 radical (unpaired) electrons. The maximum Gasteiger partial charge on any atom is 0.313 e. The van der Waals surface area contributed by atoms with Crippen molar-refractivity contribution in [3.05, 3.63) is 0 Å². The van der Waals surface area contributed by atoms with E-state index in [2.05, 4.69) is 5.32 Å². The smallest absolute Gasteiger partial charge is 0.313 e. The molecule has 5 heteroatoms. The van der Waals surface area contributed by atoms with Gasteiger partial charge in [-0.05, 0) is 13.8 Å². The van der Waals surface area contributed by atoms with Crippen LogP contribution in [0.3, 0.4) is 0 Å². The molecule has 4 nitrogen and oxygen atoms in total. The van der Waals surface area contributed by atoms with Crippen molar-refractivity contribution >= 4 is 23.6 Å². The zero-order valence-electron chi connectivity index (χ0n) is 7.16. The molecule has 0 aromatic heterocycles. The van der Waals surface area contributed by atoms with Gasteiger partial charge in [-0.1, -0.05) is 0 Å². The molecule has 0 aromatic carbocycles. The summed E-state index contributed by atoms with van der Waals surface area (Å²) < 4.78 is 0. The van der Waals surface area contributed by atoms with Gasteiger partial charge in [-0.25, -0.2) is 0 Å². The van der Waals surface area contributed by atoms with Crippen LogP contribution in [0.4, 0.5) is 0 Å². The first-order chi connectivity index (χ1) is 5.57. The van der Waals surface area contributed by atoms with Crippen LogP contribution in [0.15, 0.2) is 0 Å². The molecule has 2 N–H and O–H groups in total. The lowest BCUT2D eigenvalue weighted by Gasteiger charge is -2.08. The number of hydrogen-bond donors (Lipinski definition) is 2. The summed E-state index contributed by atoms with van der Waals surface area (Å²) in [5, 5.41) is 10.6. The number of thioether (sulfide) groups is 1. The molecule has 0 aliphatic heterocycles. The highest BCUT2D eigenvalue weighted by atomic mass is 32.2. The number of nitrogens with one attached hydrogen (secondary N) is 1. The molecule has 0 spiro atoms. The molecule has 1 amide bonds. The van der Waals surface area contributed by atoms with Crippen molar-refractivity contribution in [1.29, 1.82) is 0 Å². The lowest BCUT2D eigenvalue weighted by Crippen LogP contribution is -2.31. The van der Waals surface area contributed by atoms with Crippen molar-refractivity contribution in [1.82, 2.24) is 5.32 Å². The number of carbonyl (C=O) groups is 2. The first kappa shape index (κ1) is 11.3. The minimum Gasteiger partial charge on any atom is -0.481 e. The monoisotopic (exact) mass is 191 g/mol. The van der Waals surface area contributed by atoms with E-state index in [-0.39, 0.29) is 16.9 Å². The molecule has 0 aliphatic rings. The van der Waals surface area contributed by atoms with E-state index in [1.165, 1.54) is 0 Å². The highest BCUT2D eigenvalue weighted by Gasteiger charge is 2.13. The third kappa shape index (κ3) is 5.01. The summed E-state index contributed by atoms with van der Waals surface area (Å²) in [5.74, 6) is -1.03. The van der Waals surface area contributed by atoms with E-state index >= 15 is 0 Å². The van der Waals surface area contributed by atoms with Crippen LogP contribution in [-0.4, -0.2) is 34.5 Å². The zero-order valence-corrected chi connectivity index (χ0v) is 7.98. The van der Waals surface area contributed by atoms with Crippen LogP contribution in [-0.2, 0) is 9.59 Å². The van der Waals surface area contributed by atoms with Crippen LogP contribution >= 0.6 is 11.8 Å². The van der Waals surface area contributed by atoms with Gasteiger partial charge in [0.05, 0.1) is 11.0 Å². The van der Waals surface area contributed by atoms with Crippen LogP contribution in [0.1, 0.15) is 13.8 Å². The quantitative estimate of drug-likeness (QED) is 0.657. The molecule has 0 fully saturated rings. The Bertz CT molecular complexity index is 172. The van der Waals surface area contributed by atoms with Crippen molar-refractivity contribution in [3.63, 3.8) is 0 Å². The average molecular weight is 191 g/mol. The van der Waals surface area contributed by atoms with E-state index in [0.29, 0.717) is 6.54 Å². The molecule has 70 valence electrons. The summed E-state index contributed by atoms with van der Waals surface area (Å²) in [7, 11) is 0. The van der Waals surface area contributed by atoms with Gasteiger partial charge in [0.15, 0.2) is 0 Å². The lowest BCUT2D eigenvalue weighted by molar-refractivity contribution is -0.133. The molecule has 0 saturated carbocycles. The molecule has 0 saturated heterocycles. The zero-order chi connectivity index (χ0) is 9.56. The van der Waals surface area contributed by atoms with Gasteiger partial charge in [0.25, 0.3) is 0 Å². The second kappa shape index (κ2) is 5.88. The summed E-state index contributed by atoms with van der Waals surface area (Å²) in [5.41, 5.74) is 0. The third-order valence-corrected chi connectivity index (χ3v) is 2.30. The van der Waals surface area contributed by atoms with Gasteiger partial charge >= 0.3 is 5.97 Å². The predicted octanol–water partition coefficient (Wildman–Crippen LogP) is 0.329. The van der Waals surface area contributed by atoms with E-state index < -0.39 is 5.97 Å². The average Bonchev–Trinajstić information content (AvgIpc) is 2.00. The molecule has 12 heavy (non-hydrogen) atoms. The number of hydrogen-bond acceptors (Lipinski definition) is 3. The van der Waals surface area contributed by atoms with Crippen LogP contribution in [0.25, 0.3) is 0 Å². The van der Waals surface area contributed by atoms with Gasteiger partial charge in [0, 0.05) is 6.54 Å². The Kier molecular flexibility index (Phi) is 5.53. The van der Waals surface area contributed by atoms with E-state index in [4.69, 9.17) is 5.11 Å². The Balaban J connectivity index is 3.63. The second-order valence-corrected chi connectivity index (χ2v) is 3.57. The fourth-order valence-corrected chi connectivity index (χ4v) is 1.22. The molecule has 1 atom stereocenters. The van der Waals surface area contributed by atoms with Crippen LogP contribution in [0.2, 0.25) is 0 Å². The van der Waals surface area contributed by atoms with Crippen molar-refractivity contribution in [2.75, 3.05) is 12.3 Å². The first-order valence-electron chi connectivity index (χ1n) is 3.69. The summed E-state index contributed by atoms with van der Waals surface area (Å²) in [6.45, 7) is 4.10. The first-order valence-corrected chi connectivity index (χ1v) is 4.74. The normalized spacial score (nSPS) is 12.2. The molecule has 1 unspecified atom stereocenters.